The molecule has 27 heavy (non-hydrogen) atoms. The lowest BCUT2D eigenvalue weighted by Crippen LogP contribution is -2.39. The van der Waals surface area contributed by atoms with E-state index < -0.39 is 30.4 Å². The van der Waals surface area contributed by atoms with Crippen LogP contribution in [0.3, 0.4) is 0 Å². The van der Waals surface area contributed by atoms with Gasteiger partial charge in [0.15, 0.2) is 11.5 Å². The summed E-state index contributed by atoms with van der Waals surface area (Å²) in [6, 6.07) is 3.20. The average Bonchev–Trinajstić information content (AvgIpc) is 2.57. The molecule has 0 aromatic heterocycles. The number of esters is 1. The topological polar surface area (TPSA) is 128 Å². The molecule has 8 heteroatoms. The standard InChI is InChI=1S/C19H29NO7/c1-10(2)11(3)26-19(24)27-13(5)12(4)25-18(23)15(20)8-14-6-7-16(21)17(22)9-14/h6-7,9-13,15,21-22H,8,20H2,1-5H3/t11?,12-,13+,15+/m1/s1. The van der Waals surface area contributed by atoms with Crippen LogP contribution in [0.4, 0.5) is 4.79 Å². The third-order valence-electron chi connectivity index (χ3n) is 4.26. The van der Waals surface area contributed by atoms with E-state index in [1.165, 1.54) is 12.1 Å². The molecule has 4 atom stereocenters. The highest BCUT2D eigenvalue weighted by atomic mass is 16.7. The van der Waals surface area contributed by atoms with E-state index in [-0.39, 0.29) is 29.9 Å². The van der Waals surface area contributed by atoms with Gasteiger partial charge in [-0.05, 0) is 50.8 Å². The van der Waals surface area contributed by atoms with E-state index in [0.717, 1.165) is 0 Å². The Morgan fingerprint density at radius 1 is 0.926 bits per heavy atom. The van der Waals surface area contributed by atoms with Gasteiger partial charge in [-0.2, -0.15) is 0 Å². The van der Waals surface area contributed by atoms with Crippen LogP contribution in [0.2, 0.25) is 0 Å². The molecule has 0 amide bonds. The first-order valence-electron chi connectivity index (χ1n) is 8.85. The summed E-state index contributed by atoms with van der Waals surface area (Å²) in [7, 11) is 0. The number of nitrogens with two attached hydrogens (primary N) is 1. The minimum Gasteiger partial charge on any atom is -0.504 e. The van der Waals surface area contributed by atoms with E-state index in [0.29, 0.717) is 5.56 Å². The normalized spacial score (nSPS) is 15.5. The SMILES string of the molecule is CC(C)C(C)OC(=O)O[C@@H](C)[C@@H](C)OC(=O)[C@@H](N)Cc1ccc(O)c(O)c1. The molecule has 8 nitrogen and oxygen atoms in total. The molecule has 0 radical (unpaired) electrons. The minimum atomic E-state index is -0.975. The first-order chi connectivity index (χ1) is 12.5. The number of hydrogen-bond donors (Lipinski definition) is 3. The lowest BCUT2D eigenvalue weighted by molar-refractivity contribution is -0.155. The number of phenolic OH excluding ortho intramolecular Hbond substituents is 2. The number of carbonyl (C=O) groups excluding carboxylic acids is 2. The number of hydrogen-bond acceptors (Lipinski definition) is 8. The van der Waals surface area contributed by atoms with Crippen LogP contribution in [-0.2, 0) is 25.4 Å². The molecule has 0 saturated carbocycles. The van der Waals surface area contributed by atoms with Crippen LogP contribution in [0.25, 0.3) is 0 Å². The summed E-state index contributed by atoms with van der Waals surface area (Å²) in [5, 5.41) is 18.8. The van der Waals surface area contributed by atoms with Gasteiger partial charge in [0.1, 0.15) is 24.4 Å². The van der Waals surface area contributed by atoms with Gasteiger partial charge in [-0.3, -0.25) is 4.79 Å². The Hall–Kier alpha value is -2.48. The monoisotopic (exact) mass is 383 g/mol. The maximum Gasteiger partial charge on any atom is 0.508 e. The molecular formula is C19H29NO7. The lowest BCUT2D eigenvalue weighted by Gasteiger charge is -2.23. The molecule has 0 spiro atoms. The quantitative estimate of drug-likeness (QED) is 0.461. The smallest absolute Gasteiger partial charge is 0.504 e. The van der Waals surface area contributed by atoms with Crippen molar-refractivity contribution in [3.8, 4) is 11.5 Å². The molecule has 1 aromatic rings. The lowest BCUT2D eigenvalue weighted by atomic mass is 10.1. The van der Waals surface area contributed by atoms with Crippen LogP contribution in [0.15, 0.2) is 18.2 Å². The van der Waals surface area contributed by atoms with E-state index in [9.17, 15) is 19.8 Å². The van der Waals surface area contributed by atoms with Crippen molar-refractivity contribution in [2.75, 3.05) is 0 Å². The predicted molar refractivity (Wildman–Crippen MR) is 98.3 cm³/mol. The number of carbonyl (C=O) groups is 2. The van der Waals surface area contributed by atoms with Gasteiger partial charge in [-0.25, -0.2) is 4.79 Å². The van der Waals surface area contributed by atoms with Gasteiger partial charge in [0.2, 0.25) is 0 Å². The van der Waals surface area contributed by atoms with Crippen molar-refractivity contribution in [1.29, 1.82) is 0 Å². The summed E-state index contributed by atoms with van der Waals surface area (Å²) in [6.45, 7) is 8.77. The molecule has 0 aliphatic carbocycles. The summed E-state index contributed by atoms with van der Waals surface area (Å²) in [4.78, 5) is 23.9. The zero-order valence-electron chi connectivity index (χ0n) is 16.3. The molecule has 152 valence electrons. The molecular weight excluding hydrogens is 354 g/mol. The summed E-state index contributed by atoms with van der Waals surface area (Å²) in [5.74, 6) is -1.07. The molecule has 0 fully saturated rings. The second-order valence-corrected chi connectivity index (χ2v) is 6.92. The van der Waals surface area contributed by atoms with Crippen LogP contribution >= 0.6 is 0 Å². The molecule has 0 heterocycles. The Balaban J connectivity index is 2.51. The van der Waals surface area contributed by atoms with E-state index in [4.69, 9.17) is 19.9 Å². The van der Waals surface area contributed by atoms with Crippen molar-refractivity contribution >= 4 is 12.1 Å². The summed E-state index contributed by atoms with van der Waals surface area (Å²) >= 11 is 0. The molecule has 0 bridgehead atoms. The van der Waals surface area contributed by atoms with Crippen molar-refractivity contribution in [1.82, 2.24) is 0 Å². The third-order valence-corrected chi connectivity index (χ3v) is 4.26. The first-order valence-corrected chi connectivity index (χ1v) is 8.85. The highest BCUT2D eigenvalue weighted by Crippen LogP contribution is 2.25. The number of rotatable bonds is 8. The summed E-state index contributed by atoms with van der Waals surface area (Å²) in [6.07, 6.45) is -2.44. The summed E-state index contributed by atoms with van der Waals surface area (Å²) in [5.41, 5.74) is 6.40. The molecule has 1 unspecified atom stereocenters. The zero-order chi connectivity index (χ0) is 20.7. The second-order valence-electron chi connectivity index (χ2n) is 6.92. The van der Waals surface area contributed by atoms with E-state index >= 15 is 0 Å². The van der Waals surface area contributed by atoms with Gasteiger partial charge in [0.25, 0.3) is 0 Å². The fraction of sp³-hybridized carbons (Fsp3) is 0.579. The molecule has 4 N–H and O–H groups in total. The van der Waals surface area contributed by atoms with Crippen LogP contribution in [0, 0.1) is 5.92 Å². The van der Waals surface area contributed by atoms with Crippen molar-refractivity contribution in [2.24, 2.45) is 11.7 Å². The number of aromatic hydroxyl groups is 2. The van der Waals surface area contributed by atoms with Crippen molar-refractivity contribution in [2.45, 2.75) is 65.4 Å². The largest absolute Gasteiger partial charge is 0.508 e. The van der Waals surface area contributed by atoms with Crippen molar-refractivity contribution in [3.05, 3.63) is 23.8 Å². The fourth-order valence-electron chi connectivity index (χ4n) is 1.96. The number of ether oxygens (including phenoxy) is 3. The highest BCUT2D eigenvalue weighted by molar-refractivity contribution is 5.76. The maximum absolute atomic E-state index is 12.1. The van der Waals surface area contributed by atoms with Crippen LogP contribution in [-0.4, -0.2) is 46.7 Å². The molecule has 0 aliphatic rings. The van der Waals surface area contributed by atoms with E-state index in [2.05, 4.69) is 0 Å². The van der Waals surface area contributed by atoms with Gasteiger partial charge < -0.3 is 30.2 Å². The molecule has 0 saturated heterocycles. The first kappa shape index (κ1) is 22.6. The second kappa shape index (κ2) is 10.0. The third kappa shape index (κ3) is 7.34. The maximum atomic E-state index is 12.1. The van der Waals surface area contributed by atoms with E-state index in [1.54, 1.807) is 26.8 Å². The van der Waals surface area contributed by atoms with Gasteiger partial charge in [-0.15, -0.1) is 0 Å². The minimum absolute atomic E-state index is 0.114. The molecule has 1 rings (SSSR count). The van der Waals surface area contributed by atoms with Crippen molar-refractivity contribution < 1.29 is 34.0 Å². The van der Waals surface area contributed by atoms with Crippen LogP contribution in [0.1, 0.15) is 40.2 Å². The molecule has 1 aromatic carbocycles. The Labute approximate surface area is 159 Å². The number of phenols is 2. The van der Waals surface area contributed by atoms with Gasteiger partial charge >= 0.3 is 12.1 Å². The van der Waals surface area contributed by atoms with Gasteiger partial charge in [0, 0.05) is 0 Å². The molecule has 0 aliphatic heterocycles. The zero-order valence-corrected chi connectivity index (χ0v) is 16.3. The number of benzene rings is 1. The Morgan fingerprint density at radius 2 is 1.48 bits per heavy atom. The fourth-order valence-corrected chi connectivity index (χ4v) is 1.96. The Kier molecular flexibility index (Phi) is 8.36. The summed E-state index contributed by atoms with van der Waals surface area (Å²) < 4.78 is 15.5. The van der Waals surface area contributed by atoms with E-state index in [1.807, 2.05) is 13.8 Å². The predicted octanol–water partition coefficient (Wildman–Crippen LogP) is 2.49. The van der Waals surface area contributed by atoms with Crippen LogP contribution < -0.4 is 5.73 Å². The Bertz CT molecular complexity index is 647. The van der Waals surface area contributed by atoms with Gasteiger partial charge in [-0.1, -0.05) is 19.9 Å². The average molecular weight is 383 g/mol. The van der Waals surface area contributed by atoms with Gasteiger partial charge in [0.05, 0.1) is 0 Å². The Morgan fingerprint density at radius 3 is 2.04 bits per heavy atom. The van der Waals surface area contributed by atoms with Crippen LogP contribution in [0.5, 0.6) is 11.5 Å². The van der Waals surface area contributed by atoms with Crippen molar-refractivity contribution in [3.63, 3.8) is 0 Å². The highest BCUT2D eigenvalue weighted by Gasteiger charge is 2.25.